The molecular formula is C18H35F3IN5. The molecule has 2 atom stereocenters. The van der Waals surface area contributed by atoms with E-state index in [4.69, 9.17) is 0 Å². The van der Waals surface area contributed by atoms with Crippen LogP contribution in [0, 0.1) is 5.92 Å². The van der Waals surface area contributed by atoms with Crippen LogP contribution in [0.3, 0.4) is 0 Å². The fraction of sp³-hybridized carbons (Fsp3) is 0.944. The summed E-state index contributed by atoms with van der Waals surface area (Å²) in [5.41, 5.74) is 0. The highest BCUT2D eigenvalue weighted by molar-refractivity contribution is 14.0. The molecular weight excluding hydrogens is 470 g/mol. The third kappa shape index (κ3) is 8.72. The largest absolute Gasteiger partial charge is 0.401 e. The Balaban J connectivity index is 0.00000364. The van der Waals surface area contributed by atoms with Crippen molar-refractivity contribution >= 4 is 29.9 Å². The molecule has 0 aromatic carbocycles. The highest BCUT2D eigenvalue weighted by atomic mass is 127. The Kier molecular flexibility index (Phi) is 10.7. The topological polar surface area (TPSA) is 42.9 Å². The number of aliphatic imine (C=N–C) groups is 1. The van der Waals surface area contributed by atoms with E-state index in [0.29, 0.717) is 37.4 Å². The van der Waals surface area contributed by atoms with E-state index in [1.54, 1.807) is 7.05 Å². The zero-order valence-corrected chi connectivity index (χ0v) is 19.0. The zero-order valence-electron chi connectivity index (χ0n) is 16.7. The van der Waals surface area contributed by atoms with E-state index in [1.165, 1.54) is 37.0 Å². The molecule has 2 N–H and O–H groups in total. The number of nitrogens with one attached hydrogen (secondary N) is 2. The van der Waals surface area contributed by atoms with Gasteiger partial charge in [-0.15, -0.1) is 24.0 Å². The van der Waals surface area contributed by atoms with Gasteiger partial charge in [-0.05, 0) is 39.3 Å². The van der Waals surface area contributed by atoms with Gasteiger partial charge in [0.1, 0.15) is 0 Å². The van der Waals surface area contributed by atoms with E-state index in [0.717, 1.165) is 6.54 Å². The minimum Gasteiger partial charge on any atom is -0.355 e. The lowest BCUT2D eigenvalue weighted by Crippen LogP contribution is -2.50. The van der Waals surface area contributed by atoms with Gasteiger partial charge in [-0.1, -0.05) is 19.3 Å². The molecule has 0 radical (unpaired) electrons. The van der Waals surface area contributed by atoms with Crippen molar-refractivity contribution in [2.45, 2.75) is 56.8 Å². The van der Waals surface area contributed by atoms with Gasteiger partial charge in [0, 0.05) is 38.8 Å². The molecule has 2 fully saturated rings. The van der Waals surface area contributed by atoms with Crippen LogP contribution in [0.2, 0.25) is 0 Å². The molecule has 9 heteroatoms. The minimum absolute atomic E-state index is 0. The number of nitrogens with zero attached hydrogens (tertiary/aromatic N) is 3. The Morgan fingerprint density at radius 2 is 1.85 bits per heavy atom. The first-order chi connectivity index (χ1) is 12.3. The summed E-state index contributed by atoms with van der Waals surface area (Å²) < 4.78 is 37.6. The van der Waals surface area contributed by atoms with E-state index in [1.807, 2.05) is 0 Å². The second-order valence-electron chi connectivity index (χ2n) is 7.86. The summed E-state index contributed by atoms with van der Waals surface area (Å²) in [6.07, 6.45) is 3.06. The van der Waals surface area contributed by atoms with Crippen molar-refractivity contribution in [3.8, 4) is 0 Å². The normalized spacial score (nSPS) is 24.0. The fourth-order valence-electron chi connectivity index (χ4n) is 4.23. The predicted octanol–water partition coefficient (Wildman–Crippen LogP) is 2.92. The van der Waals surface area contributed by atoms with E-state index in [9.17, 15) is 13.2 Å². The average molecular weight is 505 g/mol. The summed E-state index contributed by atoms with van der Waals surface area (Å²) in [5, 5.41) is 6.68. The lowest BCUT2D eigenvalue weighted by Gasteiger charge is -2.35. The van der Waals surface area contributed by atoms with Gasteiger partial charge in [0.15, 0.2) is 5.96 Å². The molecule has 27 heavy (non-hydrogen) atoms. The molecule has 2 rings (SSSR count). The third-order valence-electron chi connectivity index (χ3n) is 5.58. The summed E-state index contributed by atoms with van der Waals surface area (Å²) in [5.74, 6) is 1.38. The molecule has 2 unspecified atom stereocenters. The van der Waals surface area contributed by atoms with Gasteiger partial charge in [0.2, 0.25) is 0 Å². The highest BCUT2D eigenvalue weighted by Crippen LogP contribution is 2.28. The second-order valence-corrected chi connectivity index (χ2v) is 7.86. The molecule has 0 bridgehead atoms. The lowest BCUT2D eigenvalue weighted by molar-refractivity contribution is -0.143. The smallest absolute Gasteiger partial charge is 0.355 e. The molecule has 1 saturated carbocycles. The van der Waals surface area contributed by atoms with Crippen LogP contribution >= 0.6 is 24.0 Å². The average Bonchev–Trinajstić information content (AvgIpc) is 2.99. The maximum absolute atomic E-state index is 12.5. The zero-order chi connectivity index (χ0) is 19.2. The number of alkyl halides is 3. The van der Waals surface area contributed by atoms with Crippen molar-refractivity contribution in [1.29, 1.82) is 0 Å². The van der Waals surface area contributed by atoms with E-state index < -0.39 is 12.7 Å². The van der Waals surface area contributed by atoms with Gasteiger partial charge >= 0.3 is 6.18 Å². The number of hydrogen-bond donors (Lipinski definition) is 2. The summed E-state index contributed by atoms with van der Waals surface area (Å²) in [6.45, 7) is 0.842. The Bertz CT molecular complexity index is 453. The molecule has 5 nitrogen and oxygen atoms in total. The second kappa shape index (κ2) is 11.6. The molecule has 2 aliphatic rings. The van der Waals surface area contributed by atoms with Crippen LogP contribution in [0.4, 0.5) is 13.2 Å². The highest BCUT2D eigenvalue weighted by Gasteiger charge is 2.34. The molecule has 1 saturated heterocycles. The van der Waals surface area contributed by atoms with Gasteiger partial charge in [0.25, 0.3) is 0 Å². The van der Waals surface area contributed by atoms with Crippen LogP contribution in [0.5, 0.6) is 0 Å². The summed E-state index contributed by atoms with van der Waals surface area (Å²) in [6, 6.07) is 0.454. The fourth-order valence-corrected chi connectivity index (χ4v) is 4.23. The van der Waals surface area contributed by atoms with Crippen molar-refractivity contribution in [3.05, 3.63) is 0 Å². The van der Waals surface area contributed by atoms with Gasteiger partial charge in [-0.25, -0.2) is 0 Å². The third-order valence-corrected chi connectivity index (χ3v) is 5.58. The quantitative estimate of drug-likeness (QED) is 0.331. The van der Waals surface area contributed by atoms with Crippen LogP contribution in [-0.4, -0.2) is 81.3 Å². The molecule has 1 aliphatic heterocycles. The molecule has 0 spiro atoms. The Morgan fingerprint density at radius 1 is 1.19 bits per heavy atom. The number of halogens is 4. The Labute approximate surface area is 178 Å². The molecule has 0 aromatic heterocycles. The lowest BCUT2D eigenvalue weighted by atomic mass is 9.83. The molecule has 1 heterocycles. The number of likely N-dealkylation sites (N-methyl/N-ethyl adjacent to an activating group) is 1. The van der Waals surface area contributed by atoms with Crippen molar-refractivity contribution in [2.75, 3.05) is 47.3 Å². The van der Waals surface area contributed by atoms with Gasteiger partial charge in [0.05, 0.1) is 6.54 Å². The van der Waals surface area contributed by atoms with Crippen molar-refractivity contribution < 1.29 is 13.2 Å². The predicted molar refractivity (Wildman–Crippen MR) is 115 cm³/mol. The number of hydrogen-bond acceptors (Lipinski definition) is 3. The number of guanidine groups is 1. The standard InChI is InChI=1S/C18H34F3N5.HI/c1-22-17(24-15-9-10-26(12-15)13-18(19,20)21)23-11-16(25(2)3)14-7-5-4-6-8-14;/h14-16H,4-13H2,1-3H3,(H2,22,23,24);1H. The van der Waals surface area contributed by atoms with E-state index in [2.05, 4.69) is 34.6 Å². The SMILES string of the molecule is CN=C(NCC(C1CCCCC1)N(C)C)NC1CCN(CC(F)(F)F)C1.I. The number of rotatable bonds is 6. The maximum atomic E-state index is 12.5. The maximum Gasteiger partial charge on any atom is 0.401 e. The first kappa shape index (κ1) is 24.7. The summed E-state index contributed by atoms with van der Waals surface area (Å²) >= 11 is 0. The Hall–Kier alpha value is -0.290. The first-order valence-corrected chi connectivity index (χ1v) is 9.71. The number of likely N-dealkylation sites (tertiary alicyclic amines) is 1. The van der Waals surface area contributed by atoms with Gasteiger partial charge in [-0.2, -0.15) is 13.2 Å². The monoisotopic (exact) mass is 505 g/mol. The van der Waals surface area contributed by atoms with Gasteiger partial charge in [-0.3, -0.25) is 9.89 Å². The molecule has 0 aromatic rings. The first-order valence-electron chi connectivity index (χ1n) is 9.71. The molecule has 1 aliphatic carbocycles. The Morgan fingerprint density at radius 3 is 2.41 bits per heavy atom. The van der Waals surface area contributed by atoms with Crippen LogP contribution in [0.1, 0.15) is 38.5 Å². The molecule has 160 valence electrons. The van der Waals surface area contributed by atoms with E-state index >= 15 is 0 Å². The van der Waals surface area contributed by atoms with E-state index in [-0.39, 0.29) is 30.0 Å². The van der Waals surface area contributed by atoms with Crippen LogP contribution < -0.4 is 10.6 Å². The summed E-state index contributed by atoms with van der Waals surface area (Å²) in [7, 11) is 5.94. The molecule has 0 amide bonds. The van der Waals surface area contributed by atoms with Crippen molar-refractivity contribution in [3.63, 3.8) is 0 Å². The van der Waals surface area contributed by atoms with Crippen molar-refractivity contribution in [2.24, 2.45) is 10.9 Å². The van der Waals surface area contributed by atoms with Gasteiger partial charge < -0.3 is 15.5 Å². The van der Waals surface area contributed by atoms with Crippen LogP contribution in [0.25, 0.3) is 0 Å². The van der Waals surface area contributed by atoms with Crippen LogP contribution in [-0.2, 0) is 0 Å². The van der Waals surface area contributed by atoms with Crippen LogP contribution in [0.15, 0.2) is 4.99 Å². The van der Waals surface area contributed by atoms with Crippen molar-refractivity contribution in [1.82, 2.24) is 20.4 Å². The minimum atomic E-state index is -4.13. The summed E-state index contributed by atoms with van der Waals surface area (Å²) in [4.78, 5) is 7.99.